The van der Waals surface area contributed by atoms with Gasteiger partial charge in [-0.15, -0.1) is 0 Å². The minimum atomic E-state index is -1.95. The van der Waals surface area contributed by atoms with E-state index in [1.54, 1.807) is 12.1 Å². The summed E-state index contributed by atoms with van der Waals surface area (Å²) in [5, 5.41) is 2.96. The van der Waals surface area contributed by atoms with E-state index in [9.17, 15) is 4.79 Å². The molecule has 2 aromatic heterocycles. The summed E-state index contributed by atoms with van der Waals surface area (Å²) in [6, 6.07) is 8.22. The second-order valence-corrected chi connectivity index (χ2v) is 16.0. The molecule has 0 radical (unpaired) electrons. The number of aromatic nitrogens is 2. The third-order valence-corrected chi connectivity index (χ3v) is 11.8. The Morgan fingerprint density at radius 1 is 0.907 bits per heavy atom. The molecule has 0 aliphatic heterocycles. The summed E-state index contributed by atoms with van der Waals surface area (Å²) >= 11 is 0. The number of benzene rings is 2. The van der Waals surface area contributed by atoms with Crippen LogP contribution in [0.15, 0.2) is 55.0 Å². The number of pyridine rings is 2. The summed E-state index contributed by atoms with van der Waals surface area (Å²) in [5.41, 5.74) is 0.460. The van der Waals surface area contributed by atoms with Crippen molar-refractivity contribution in [2.45, 2.75) is 38.9 Å². The number of hydrogen-bond donors (Lipinski definition) is 1. The topological polar surface area (TPSA) is 101 Å². The summed E-state index contributed by atoms with van der Waals surface area (Å²) in [6.45, 7) is 11.5. The Bertz CT molecular complexity index is 1600. The van der Waals surface area contributed by atoms with Gasteiger partial charge in [0.15, 0.2) is 37.2 Å². The van der Waals surface area contributed by atoms with E-state index in [1.165, 1.54) is 44.9 Å². The Morgan fingerprint density at radius 2 is 1.58 bits per heavy atom. The Labute approximate surface area is 250 Å². The lowest BCUT2D eigenvalue weighted by atomic mass is 10.1. The van der Waals surface area contributed by atoms with Gasteiger partial charge in [-0.05, 0) is 36.3 Å². The maximum absolute atomic E-state index is 15.2. The molecule has 0 aliphatic rings. The van der Waals surface area contributed by atoms with E-state index < -0.39 is 31.6 Å². The number of hydrogen-bond acceptors (Lipinski definition) is 8. The average Bonchev–Trinajstić information content (AvgIpc) is 2.96. The largest absolute Gasteiger partial charge is 0.496 e. The van der Waals surface area contributed by atoms with Crippen LogP contribution in [-0.2, 0) is 4.43 Å². The molecular formula is C31H35F2N3O6Si. The lowest BCUT2D eigenvalue weighted by molar-refractivity contribution is 0.102. The van der Waals surface area contributed by atoms with Crippen LogP contribution in [0.1, 0.15) is 31.1 Å². The molecule has 1 N–H and O–H groups in total. The number of nitrogens with zero attached hydrogens (tertiary/aromatic N) is 2. The van der Waals surface area contributed by atoms with Crippen molar-refractivity contribution in [2.24, 2.45) is 0 Å². The first-order valence-corrected chi connectivity index (χ1v) is 16.4. The number of amides is 1. The molecule has 228 valence electrons. The van der Waals surface area contributed by atoms with Crippen molar-refractivity contribution in [3.63, 3.8) is 0 Å². The SMILES string of the molecule is COc1cc2nccc(Oc3c(F)cc(NC(=O)c4cnccc4OC)cc3F)c2cc1OCCO[Si](C)(C)C(C)(C)C. The smallest absolute Gasteiger partial charge is 0.261 e. The minimum Gasteiger partial charge on any atom is -0.496 e. The summed E-state index contributed by atoms with van der Waals surface area (Å²) in [5.74, 6) is -2.09. The second kappa shape index (κ2) is 12.9. The molecule has 0 unspecified atom stereocenters. The maximum Gasteiger partial charge on any atom is 0.261 e. The van der Waals surface area contributed by atoms with Crippen molar-refractivity contribution < 1.29 is 36.9 Å². The molecule has 12 heteroatoms. The number of carbonyl (C=O) groups excluding carboxylic acids is 1. The minimum absolute atomic E-state index is 0.0623. The van der Waals surface area contributed by atoms with Gasteiger partial charge in [-0.3, -0.25) is 14.8 Å². The Hall–Kier alpha value is -4.29. The van der Waals surface area contributed by atoms with Crippen LogP contribution in [0.4, 0.5) is 14.5 Å². The van der Waals surface area contributed by atoms with Crippen molar-refractivity contribution >= 4 is 30.8 Å². The van der Waals surface area contributed by atoms with Crippen LogP contribution in [0.3, 0.4) is 0 Å². The fraction of sp³-hybridized carbons (Fsp3) is 0.323. The first-order chi connectivity index (χ1) is 20.3. The number of halogens is 2. The van der Waals surface area contributed by atoms with E-state index in [4.69, 9.17) is 23.4 Å². The van der Waals surface area contributed by atoms with Crippen molar-refractivity contribution in [2.75, 3.05) is 32.8 Å². The number of anilines is 1. The maximum atomic E-state index is 15.2. The number of nitrogens with one attached hydrogen (secondary N) is 1. The highest BCUT2D eigenvalue weighted by Crippen LogP contribution is 2.39. The molecule has 2 heterocycles. The average molecular weight is 612 g/mol. The molecule has 0 aliphatic carbocycles. The quantitative estimate of drug-likeness (QED) is 0.139. The van der Waals surface area contributed by atoms with Gasteiger partial charge in [0.25, 0.3) is 5.91 Å². The third kappa shape index (κ3) is 7.20. The highest BCUT2D eigenvalue weighted by atomic mass is 28.4. The van der Waals surface area contributed by atoms with Crippen LogP contribution in [-0.4, -0.2) is 51.6 Å². The van der Waals surface area contributed by atoms with Gasteiger partial charge >= 0.3 is 0 Å². The second-order valence-electron chi connectivity index (χ2n) is 11.2. The molecule has 0 atom stereocenters. The molecule has 0 fully saturated rings. The van der Waals surface area contributed by atoms with Crippen LogP contribution >= 0.6 is 0 Å². The Balaban J connectivity index is 1.55. The van der Waals surface area contributed by atoms with E-state index in [-0.39, 0.29) is 34.4 Å². The highest BCUT2D eigenvalue weighted by Gasteiger charge is 2.37. The van der Waals surface area contributed by atoms with Gasteiger partial charge in [0, 0.05) is 47.9 Å². The lowest BCUT2D eigenvalue weighted by Crippen LogP contribution is -2.41. The van der Waals surface area contributed by atoms with Gasteiger partial charge in [0.1, 0.15) is 18.1 Å². The molecule has 0 bridgehead atoms. The number of ether oxygens (including phenoxy) is 4. The van der Waals surface area contributed by atoms with Gasteiger partial charge in [-0.1, -0.05) is 20.8 Å². The fourth-order valence-electron chi connectivity index (χ4n) is 3.92. The van der Waals surface area contributed by atoms with E-state index in [0.717, 1.165) is 12.1 Å². The zero-order valence-electron chi connectivity index (χ0n) is 25.2. The van der Waals surface area contributed by atoms with Crippen LogP contribution in [0.2, 0.25) is 18.1 Å². The molecule has 1 amide bonds. The predicted molar refractivity (Wildman–Crippen MR) is 162 cm³/mol. The van der Waals surface area contributed by atoms with Crippen molar-refractivity contribution in [3.8, 4) is 28.7 Å². The van der Waals surface area contributed by atoms with Gasteiger partial charge < -0.3 is 28.7 Å². The first kappa shape index (κ1) is 31.6. The third-order valence-electron chi connectivity index (χ3n) is 7.31. The molecule has 4 rings (SSSR count). The number of fused-ring (bicyclic) bond motifs is 1. The molecule has 0 saturated heterocycles. The van der Waals surface area contributed by atoms with E-state index in [1.807, 2.05) is 0 Å². The predicted octanol–water partition coefficient (Wildman–Crippen LogP) is 7.37. The zero-order chi connectivity index (χ0) is 31.4. The van der Waals surface area contributed by atoms with Crippen LogP contribution in [0.5, 0.6) is 28.7 Å². The molecule has 2 aromatic carbocycles. The summed E-state index contributed by atoms with van der Waals surface area (Å²) in [6.07, 6.45) is 4.21. The fourth-order valence-corrected chi connectivity index (χ4v) is 4.95. The van der Waals surface area contributed by atoms with Crippen LogP contribution in [0.25, 0.3) is 10.9 Å². The normalized spacial score (nSPS) is 11.7. The van der Waals surface area contributed by atoms with Gasteiger partial charge in [-0.2, -0.15) is 0 Å². The summed E-state index contributed by atoms with van der Waals surface area (Å²) in [7, 11) is 0.958. The van der Waals surface area contributed by atoms with Crippen molar-refractivity contribution in [3.05, 3.63) is 72.2 Å². The van der Waals surface area contributed by atoms with Gasteiger partial charge in [0.05, 0.1) is 31.9 Å². The van der Waals surface area contributed by atoms with Crippen molar-refractivity contribution in [1.29, 1.82) is 0 Å². The molecule has 9 nitrogen and oxygen atoms in total. The number of methoxy groups -OCH3 is 2. The number of rotatable bonds is 11. The van der Waals surface area contributed by atoms with E-state index >= 15 is 8.78 Å². The first-order valence-electron chi connectivity index (χ1n) is 13.5. The molecule has 0 spiro atoms. The molecule has 43 heavy (non-hydrogen) atoms. The van der Waals surface area contributed by atoms with E-state index in [0.29, 0.717) is 29.0 Å². The monoisotopic (exact) mass is 611 g/mol. The van der Waals surface area contributed by atoms with Gasteiger partial charge in [-0.25, -0.2) is 8.78 Å². The lowest BCUT2D eigenvalue weighted by Gasteiger charge is -2.36. The van der Waals surface area contributed by atoms with Gasteiger partial charge in [0.2, 0.25) is 0 Å². The highest BCUT2D eigenvalue weighted by molar-refractivity contribution is 6.74. The summed E-state index contributed by atoms with van der Waals surface area (Å²) < 4.78 is 58.9. The Morgan fingerprint density at radius 3 is 2.23 bits per heavy atom. The standard InChI is InChI=1S/C31H35F2N3O6Si/c1-31(2,3)43(6,7)41-13-12-40-28-16-20-24(17-27(28)39-5)35-11-9-26(20)42-29-22(32)14-19(15-23(29)33)36-30(37)21-18-34-10-8-25(21)38-4/h8-11,14-18H,12-13H2,1-7H3,(H,36,37). The Kier molecular flexibility index (Phi) is 9.51. The number of carbonyl (C=O) groups is 1. The van der Waals surface area contributed by atoms with Crippen LogP contribution in [0, 0.1) is 11.6 Å². The zero-order valence-corrected chi connectivity index (χ0v) is 26.2. The molecule has 0 saturated carbocycles. The van der Waals surface area contributed by atoms with Crippen molar-refractivity contribution in [1.82, 2.24) is 9.97 Å². The van der Waals surface area contributed by atoms with Crippen LogP contribution < -0.4 is 24.3 Å². The molecular weight excluding hydrogens is 576 g/mol. The van der Waals surface area contributed by atoms with E-state index in [2.05, 4.69) is 49.1 Å². The molecule has 4 aromatic rings. The summed E-state index contributed by atoms with van der Waals surface area (Å²) in [4.78, 5) is 20.9.